The van der Waals surface area contributed by atoms with E-state index in [1.54, 1.807) is 24.3 Å². The first-order valence-corrected chi connectivity index (χ1v) is 12.6. The lowest BCUT2D eigenvalue weighted by atomic mass is 10.2. The van der Waals surface area contributed by atoms with Crippen LogP contribution in [0.25, 0.3) is 0 Å². The Morgan fingerprint density at radius 2 is 1.73 bits per heavy atom. The van der Waals surface area contributed by atoms with E-state index in [0.29, 0.717) is 44.1 Å². The molecule has 9 nitrogen and oxygen atoms in total. The molecule has 0 radical (unpaired) electrons. The highest BCUT2D eigenvalue weighted by Gasteiger charge is 2.34. The fraction of sp³-hybridized carbons (Fsp3) is 0.364. The first-order chi connectivity index (χ1) is 15.8. The van der Waals surface area contributed by atoms with Crippen LogP contribution in [-0.2, 0) is 19.6 Å². The number of nitrogens with zero attached hydrogens (tertiary/aromatic N) is 2. The Balaban J connectivity index is 1.77. The number of carbonyl (C=O) groups excluding carboxylic acids is 2. The average Bonchev–Trinajstić information content (AvgIpc) is 2.83. The third-order valence-electron chi connectivity index (χ3n) is 5.34. The number of sulfonamides is 1. The predicted molar refractivity (Wildman–Crippen MR) is 129 cm³/mol. The van der Waals surface area contributed by atoms with Gasteiger partial charge in [-0.1, -0.05) is 18.2 Å². The van der Waals surface area contributed by atoms with Crippen molar-refractivity contribution in [3.05, 3.63) is 60.2 Å². The predicted octanol–water partition coefficient (Wildman–Crippen LogP) is 1.05. The van der Waals surface area contributed by atoms with Crippen molar-refractivity contribution in [2.24, 2.45) is 5.73 Å². The Bertz CT molecular complexity index is 1040. The summed E-state index contributed by atoms with van der Waals surface area (Å²) in [7, 11) is -4.04. The zero-order chi connectivity index (χ0) is 23.8. The molecule has 0 saturated carbocycles. The summed E-state index contributed by atoms with van der Waals surface area (Å²) >= 11 is 4.16. The van der Waals surface area contributed by atoms with Crippen molar-refractivity contribution in [2.45, 2.75) is 10.9 Å². The molecule has 0 bridgehead atoms. The molecule has 11 heteroatoms. The van der Waals surface area contributed by atoms with Gasteiger partial charge in [-0.2, -0.15) is 16.9 Å². The molecule has 1 fully saturated rings. The van der Waals surface area contributed by atoms with Crippen LogP contribution in [0.1, 0.15) is 10.4 Å². The molecule has 33 heavy (non-hydrogen) atoms. The summed E-state index contributed by atoms with van der Waals surface area (Å²) in [4.78, 5) is 26.4. The second kappa shape index (κ2) is 11.6. The van der Waals surface area contributed by atoms with Gasteiger partial charge in [-0.3, -0.25) is 14.5 Å². The monoisotopic (exact) mass is 492 g/mol. The first-order valence-electron chi connectivity index (χ1n) is 10.5. The van der Waals surface area contributed by atoms with E-state index in [9.17, 15) is 18.0 Å². The van der Waals surface area contributed by atoms with Gasteiger partial charge in [0.15, 0.2) is 0 Å². The summed E-state index contributed by atoms with van der Waals surface area (Å²) < 4.78 is 33.3. The van der Waals surface area contributed by atoms with Gasteiger partial charge >= 0.3 is 0 Å². The Labute approximate surface area is 199 Å². The van der Waals surface area contributed by atoms with Gasteiger partial charge in [-0.25, -0.2) is 8.42 Å². The molecule has 3 N–H and O–H groups in total. The number of amides is 2. The summed E-state index contributed by atoms with van der Waals surface area (Å²) in [5.74, 6) is -1.10. The van der Waals surface area contributed by atoms with Crippen LogP contribution in [0.4, 0.5) is 5.69 Å². The molecule has 2 aromatic carbocycles. The summed E-state index contributed by atoms with van der Waals surface area (Å²) in [6.07, 6.45) is 0. The molecule has 178 valence electrons. The minimum atomic E-state index is -4.04. The first kappa shape index (κ1) is 25.2. The second-order valence-electron chi connectivity index (χ2n) is 7.52. The maximum atomic E-state index is 13.4. The van der Waals surface area contributed by atoms with Crippen molar-refractivity contribution >= 4 is 40.2 Å². The van der Waals surface area contributed by atoms with E-state index in [0.717, 1.165) is 4.31 Å². The standard InChI is InChI=1S/C22H28N4O5S2/c23-21(27)20(16-32)26(11-10-25-12-14-31-15-13-25)33(29,30)19-8-6-18(7-9-19)24-22(28)17-4-2-1-3-5-17/h1-9,20,32H,10-16H2,(H2,23,27)(H,24,28). The molecule has 1 heterocycles. The molecule has 2 amide bonds. The largest absolute Gasteiger partial charge is 0.379 e. The lowest BCUT2D eigenvalue weighted by Gasteiger charge is -2.32. The summed E-state index contributed by atoms with van der Waals surface area (Å²) in [6, 6.07) is 13.4. The molecule has 0 aromatic heterocycles. The summed E-state index contributed by atoms with van der Waals surface area (Å²) in [5.41, 5.74) is 6.43. The van der Waals surface area contributed by atoms with E-state index in [2.05, 4.69) is 22.8 Å². The molecule has 0 spiro atoms. The Morgan fingerprint density at radius 3 is 2.30 bits per heavy atom. The van der Waals surface area contributed by atoms with Gasteiger partial charge in [-0.05, 0) is 36.4 Å². The fourth-order valence-electron chi connectivity index (χ4n) is 3.47. The number of ether oxygens (including phenoxy) is 1. The Hall–Kier alpha value is -2.44. The maximum Gasteiger partial charge on any atom is 0.255 e. The van der Waals surface area contributed by atoms with E-state index in [4.69, 9.17) is 10.5 Å². The lowest BCUT2D eigenvalue weighted by Crippen LogP contribution is -2.52. The molecule has 1 aliphatic heterocycles. The van der Waals surface area contributed by atoms with Crippen LogP contribution in [0.15, 0.2) is 59.5 Å². The minimum Gasteiger partial charge on any atom is -0.379 e. The van der Waals surface area contributed by atoms with Crippen LogP contribution in [0, 0.1) is 0 Å². The van der Waals surface area contributed by atoms with E-state index < -0.39 is 22.0 Å². The smallest absolute Gasteiger partial charge is 0.255 e. The zero-order valence-electron chi connectivity index (χ0n) is 18.1. The van der Waals surface area contributed by atoms with Crippen molar-refractivity contribution in [2.75, 3.05) is 50.5 Å². The van der Waals surface area contributed by atoms with Gasteiger partial charge < -0.3 is 15.8 Å². The van der Waals surface area contributed by atoms with Crippen molar-refractivity contribution in [1.82, 2.24) is 9.21 Å². The zero-order valence-corrected chi connectivity index (χ0v) is 19.8. The lowest BCUT2D eigenvalue weighted by molar-refractivity contribution is -0.121. The van der Waals surface area contributed by atoms with Crippen LogP contribution in [-0.4, -0.2) is 80.6 Å². The van der Waals surface area contributed by atoms with E-state index in [1.165, 1.54) is 24.3 Å². The van der Waals surface area contributed by atoms with Gasteiger partial charge in [0.25, 0.3) is 5.91 Å². The third kappa shape index (κ3) is 6.55. The maximum absolute atomic E-state index is 13.4. The number of thiol groups is 1. The molecular weight excluding hydrogens is 464 g/mol. The molecule has 1 aliphatic rings. The number of morpholine rings is 1. The van der Waals surface area contributed by atoms with Gasteiger partial charge in [0, 0.05) is 43.2 Å². The van der Waals surface area contributed by atoms with E-state index >= 15 is 0 Å². The number of hydrogen-bond acceptors (Lipinski definition) is 7. The number of nitrogens with two attached hydrogens (primary N) is 1. The normalized spacial score (nSPS) is 15.8. The number of rotatable bonds is 10. The van der Waals surface area contributed by atoms with Crippen LogP contribution in [0.5, 0.6) is 0 Å². The summed E-state index contributed by atoms with van der Waals surface area (Å²) in [5, 5.41) is 2.73. The van der Waals surface area contributed by atoms with Crippen LogP contribution in [0.2, 0.25) is 0 Å². The van der Waals surface area contributed by atoms with Crippen molar-refractivity contribution in [1.29, 1.82) is 0 Å². The minimum absolute atomic E-state index is 0.00443. The topological polar surface area (TPSA) is 122 Å². The quantitative estimate of drug-likeness (QED) is 0.426. The van der Waals surface area contributed by atoms with Gasteiger partial charge in [0.2, 0.25) is 15.9 Å². The average molecular weight is 493 g/mol. The van der Waals surface area contributed by atoms with Gasteiger partial charge in [0.1, 0.15) is 6.04 Å². The Morgan fingerprint density at radius 1 is 1.09 bits per heavy atom. The van der Waals surface area contributed by atoms with Crippen molar-refractivity contribution in [3.63, 3.8) is 0 Å². The van der Waals surface area contributed by atoms with Gasteiger partial charge in [-0.15, -0.1) is 0 Å². The molecule has 1 saturated heterocycles. The van der Waals surface area contributed by atoms with Crippen LogP contribution in [0.3, 0.4) is 0 Å². The van der Waals surface area contributed by atoms with Crippen LogP contribution < -0.4 is 11.1 Å². The highest BCUT2D eigenvalue weighted by Crippen LogP contribution is 2.22. The SMILES string of the molecule is NC(=O)C(CS)N(CCN1CCOCC1)S(=O)(=O)c1ccc(NC(=O)c2ccccc2)cc1. The number of hydrogen-bond donors (Lipinski definition) is 3. The second-order valence-corrected chi connectivity index (χ2v) is 9.77. The highest BCUT2D eigenvalue weighted by atomic mass is 32.2. The van der Waals surface area contributed by atoms with Gasteiger partial charge in [0.05, 0.1) is 18.1 Å². The molecular formula is C22H28N4O5S2. The molecule has 1 atom stereocenters. The van der Waals surface area contributed by atoms with Crippen LogP contribution >= 0.6 is 12.6 Å². The summed E-state index contributed by atoms with van der Waals surface area (Å²) in [6.45, 7) is 3.05. The fourth-order valence-corrected chi connectivity index (χ4v) is 5.54. The van der Waals surface area contributed by atoms with E-state index in [-0.39, 0.29) is 23.1 Å². The number of carbonyl (C=O) groups is 2. The third-order valence-corrected chi connectivity index (χ3v) is 7.61. The molecule has 1 unspecified atom stereocenters. The molecule has 2 aromatic rings. The van der Waals surface area contributed by atoms with Crippen molar-refractivity contribution < 1.29 is 22.7 Å². The molecule has 3 rings (SSSR count). The Kier molecular flexibility index (Phi) is 8.87. The number of primary amides is 1. The number of nitrogens with one attached hydrogen (secondary N) is 1. The highest BCUT2D eigenvalue weighted by molar-refractivity contribution is 7.89. The van der Waals surface area contributed by atoms with E-state index in [1.807, 2.05) is 6.07 Å². The number of anilines is 1. The number of benzene rings is 2. The molecule has 0 aliphatic carbocycles. The van der Waals surface area contributed by atoms with Crippen molar-refractivity contribution in [3.8, 4) is 0 Å².